The number of amides is 1. The van der Waals surface area contributed by atoms with Crippen LogP contribution in [-0.4, -0.2) is 33.6 Å². The van der Waals surface area contributed by atoms with Crippen molar-refractivity contribution >= 4 is 29.1 Å². The van der Waals surface area contributed by atoms with Gasteiger partial charge in [0.25, 0.3) is 5.91 Å². The Bertz CT molecular complexity index is 783. The van der Waals surface area contributed by atoms with Crippen LogP contribution in [0, 0.1) is 5.92 Å². The van der Waals surface area contributed by atoms with Crippen LogP contribution in [0.15, 0.2) is 42.6 Å². The van der Waals surface area contributed by atoms with Gasteiger partial charge < -0.3 is 10.4 Å². The van der Waals surface area contributed by atoms with E-state index >= 15 is 0 Å². The first kappa shape index (κ1) is 24.6. The highest BCUT2D eigenvalue weighted by atomic mass is 35.5. The summed E-state index contributed by atoms with van der Waals surface area (Å²) in [4.78, 5) is 14.8. The van der Waals surface area contributed by atoms with Crippen molar-refractivity contribution in [3.05, 3.63) is 53.9 Å². The van der Waals surface area contributed by atoms with E-state index in [0.29, 0.717) is 5.56 Å². The lowest BCUT2D eigenvalue weighted by atomic mass is 9.99. The Kier molecular flexibility index (Phi) is 10.0. The van der Waals surface area contributed by atoms with Crippen molar-refractivity contribution in [2.45, 2.75) is 56.5 Å². The minimum atomic E-state index is -1.32. The fourth-order valence-electron chi connectivity index (χ4n) is 3.15. The smallest absolute Gasteiger partial charge is 0.253 e. The third-order valence-electron chi connectivity index (χ3n) is 4.95. The quantitative estimate of drug-likeness (QED) is 0.352. The molecule has 2 N–H and O–H groups in total. The molecule has 1 aromatic carbocycles. The van der Waals surface area contributed by atoms with Gasteiger partial charge in [-0.05, 0) is 36.0 Å². The molecule has 0 bridgehead atoms. The van der Waals surface area contributed by atoms with E-state index in [4.69, 9.17) is 23.2 Å². The number of carbonyl (C=O) groups excluding carboxylic acids is 1. The maximum atomic E-state index is 13.3. The number of nitrogens with zero attached hydrogens (tertiary/aromatic N) is 1. The fourth-order valence-corrected chi connectivity index (χ4v) is 3.28. The van der Waals surface area contributed by atoms with Gasteiger partial charge in [-0.2, -0.15) is 0 Å². The third kappa shape index (κ3) is 7.53. The molecule has 0 aliphatic heterocycles. The number of aliphatic hydroxyl groups is 1. The van der Waals surface area contributed by atoms with Crippen molar-refractivity contribution in [3.8, 4) is 11.1 Å². The maximum Gasteiger partial charge on any atom is 0.253 e. The molecule has 2 atom stereocenters. The lowest BCUT2D eigenvalue weighted by molar-refractivity contribution is -0.121. The highest BCUT2D eigenvalue weighted by Crippen LogP contribution is 2.24. The molecule has 30 heavy (non-hydrogen) atoms. The van der Waals surface area contributed by atoms with E-state index in [1.807, 2.05) is 30.5 Å². The van der Waals surface area contributed by atoms with Crippen molar-refractivity contribution in [1.82, 2.24) is 10.3 Å². The normalized spacial score (nSPS) is 13.5. The van der Waals surface area contributed by atoms with Gasteiger partial charge in [0.15, 0.2) is 4.84 Å². The lowest BCUT2D eigenvalue weighted by Crippen LogP contribution is -2.43. The van der Waals surface area contributed by atoms with Crippen molar-refractivity contribution in [3.63, 3.8) is 0 Å². The zero-order valence-corrected chi connectivity index (χ0v) is 18.8. The molecule has 0 spiro atoms. The van der Waals surface area contributed by atoms with Gasteiger partial charge in [0.05, 0.1) is 6.04 Å². The van der Waals surface area contributed by atoms with E-state index in [2.05, 4.69) is 24.1 Å². The number of benzene rings is 1. The van der Waals surface area contributed by atoms with Crippen LogP contribution >= 0.6 is 23.2 Å². The van der Waals surface area contributed by atoms with Crippen LogP contribution in [0.3, 0.4) is 0 Å². The van der Waals surface area contributed by atoms with Gasteiger partial charge in [0.1, 0.15) is 12.8 Å². The number of nitrogens with one attached hydrogen (secondary N) is 1. The predicted molar refractivity (Wildman–Crippen MR) is 120 cm³/mol. The van der Waals surface area contributed by atoms with Crippen molar-refractivity contribution < 1.29 is 14.3 Å². The molecule has 0 saturated carbocycles. The summed E-state index contributed by atoms with van der Waals surface area (Å²) in [6.07, 6.45) is 5.18. The van der Waals surface area contributed by atoms with Gasteiger partial charge in [-0.1, -0.05) is 80.2 Å². The first-order valence-electron chi connectivity index (χ1n) is 10.2. The average Bonchev–Trinajstić information content (AvgIpc) is 2.74. The van der Waals surface area contributed by atoms with Crippen LogP contribution in [0.2, 0.25) is 0 Å². The topological polar surface area (TPSA) is 62.2 Å². The standard InChI is InChI=1S/C23H29Cl2FN2O2/c1-15(2)5-3-4-6-19-12-11-18(14-27-19)16-7-9-17(10-8-16)21(29)20(13-26)28-23(30)22(24)25/h7-12,14-15,20-22,29H,3-6,13H2,1-2H3,(H,28,30)/t20-,21-/m1/s1. The minimum absolute atomic E-state index is 0.483. The van der Waals surface area contributed by atoms with Crippen LogP contribution in [0.5, 0.6) is 0 Å². The summed E-state index contributed by atoms with van der Waals surface area (Å²) in [6, 6.07) is 10.0. The van der Waals surface area contributed by atoms with Gasteiger partial charge in [0.2, 0.25) is 0 Å². The van der Waals surface area contributed by atoms with Crippen LogP contribution in [0.25, 0.3) is 11.1 Å². The van der Waals surface area contributed by atoms with E-state index in [1.165, 1.54) is 12.8 Å². The number of aryl methyl sites for hydroxylation is 1. The second kappa shape index (κ2) is 12.2. The largest absolute Gasteiger partial charge is 0.386 e. The van der Waals surface area contributed by atoms with Crippen molar-refractivity contribution in [2.75, 3.05) is 6.67 Å². The number of carbonyl (C=O) groups is 1. The molecule has 7 heteroatoms. The number of rotatable bonds is 11. The summed E-state index contributed by atoms with van der Waals surface area (Å²) in [5.41, 5.74) is 3.46. The summed E-state index contributed by atoms with van der Waals surface area (Å²) in [6.45, 7) is 3.53. The number of pyridine rings is 1. The average molecular weight is 455 g/mol. The molecule has 0 fully saturated rings. The predicted octanol–water partition coefficient (Wildman–Crippen LogP) is 5.41. The van der Waals surface area contributed by atoms with Gasteiger partial charge in [-0.15, -0.1) is 0 Å². The van der Waals surface area contributed by atoms with Gasteiger partial charge in [0, 0.05) is 17.5 Å². The molecule has 0 unspecified atom stereocenters. The molecule has 2 rings (SSSR count). The van der Waals surface area contributed by atoms with Gasteiger partial charge >= 0.3 is 0 Å². The van der Waals surface area contributed by atoms with Crippen LogP contribution in [0.1, 0.15) is 50.5 Å². The highest BCUT2D eigenvalue weighted by molar-refractivity contribution is 6.53. The Morgan fingerprint density at radius 2 is 1.77 bits per heavy atom. The first-order chi connectivity index (χ1) is 14.3. The molecule has 2 aromatic rings. The monoisotopic (exact) mass is 454 g/mol. The molecule has 4 nitrogen and oxygen atoms in total. The number of alkyl halides is 3. The van der Waals surface area contributed by atoms with E-state index in [9.17, 15) is 14.3 Å². The van der Waals surface area contributed by atoms with E-state index in [-0.39, 0.29) is 0 Å². The Balaban J connectivity index is 1.98. The molecule has 164 valence electrons. The number of unbranched alkanes of at least 4 members (excludes halogenated alkanes) is 1. The second-order valence-corrected chi connectivity index (χ2v) is 8.91. The van der Waals surface area contributed by atoms with Crippen LogP contribution in [0.4, 0.5) is 4.39 Å². The highest BCUT2D eigenvalue weighted by Gasteiger charge is 2.25. The zero-order valence-electron chi connectivity index (χ0n) is 17.3. The molecule has 1 aromatic heterocycles. The minimum Gasteiger partial charge on any atom is -0.386 e. The molecular formula is C23H29Cl2FN2O2. The summed E-state index contributed by atoms with van der Waals surface area (Å²) >= 11 is 10.9. The molecule has 0 aliphatic rings. The van der Waals surface area contributed by atoms with Crippen LogP contribution < -0.4 is 5.32 Å². The summed E-state index contributed by atoms with van der Waals surface area (Å²) in [5.74, 6) is -0.0112. The maximum absolute atomic E-state index is 13.3. The Labute approximate surface area is 187 Å². The fraction of sp³-hybridized carbons (Fsp3) is 0.478. The Morgan fingerprint density at radius 3 is 2.30 bits per heavy atom. The third-order valence-corrected chi connectivity index (χ3v) is 5.34. The number of aliphatic hydroxyl groups excluding tert-OH is 1. The molecule has 1 amide bonds. The Morgan fingerprint density at radius 1 is 1.10 bits per heavy atom. The zero-order chi connectivity index (χ0) is 22.1. The number of hydrogen-bond acceptors (Lipinski definition) is 3. The van der Waals surface area contributed by atoms with Crippen molar-refractivity contribution in [1.29, 1.82) is 0 Å². The van der Waals surface area contributed by atoms with E-state index in [1.54, 1.807) is 12.1 Å². The molecule has 0 aliphatic carbocycles. The molecule has 0 saturated heterocycles. The molecular weight excluding hydrogens is 426 g/mol. The number of aromatic nitrogens is 1. The van der Waals surface area contributed by atoms with E-state index in [0.717, 1.165) is 35.6 Å². The van der Waals surface area contributed by atoms with Gasteiger partial charge in [-0.3, -0.25) is 9.78 Å². The van der Waals surface area contributed by atoms with Crippen LogP contribution in [-0.2, 0) is 11.2 Å². The SMILES string of the molecule is CC(C)CCCCc1ccc(-c2ccc([C@@H](O)[C@@H](CF)NC(=O)C(Cl)Cl)cc2)cn1. The first-order valence-corrected chi connectivity index (χ1v) is 11.1. The van der Waals surface area contributed by atoms with Crippen molar-refractivity contribution in [2.24, 2.45) is 5.92 Å². The molecule has 1 heterocycles. The van der Waals surface area contributed by atoms with E-state index < -0.39 is 29.6 Å². The summed E-state index contributed by atoms with van der Waals surface area (Å²) in [7, 11) is 0. The summed E-state index contributed by atoms with van der Waals surface area (Å²) in [5, 5.41) is 12.7. The molecule has 0 radical (unpaired) electrons. The summed E-state index contributed by atoms with van der Waals surface area (Å²) < 4.78 is 13.3. The Hall–Kier alpha value is -1.69. The van der Waals surface area contributed by atoms with Gasteiger partial charge in [-0.25, -0.2) is 4.39 Å². The number of hydrogen-bond donors (Lipinski definition) is 2. The number of halogens is 3. The lowest BCUT2D eigenvalue weighted by Gasteiger charge is -2.22. The second-order valence-electron chi connectivity index (χ2n) is 7.81.